The van der Waals surface area contributed by atoms with Crippen molar-refractivity contribution >= 4 is 33.7 Å². The Morgan fingerprint density at radius 1 is 1.16 bits per heavy atom. The maximum Gasteiger partial charge on any atom is 0.409 e. The standard InChI is InChI=1S/C19H24ClN5O5S/c1-22(2)18(26)25-16-9-10-24(31(28,29)14-7-5-13(20)6-8-14)17(15(16)11-21-25)12-30-19(27)23(3)4/h5-8,11,17H,9-10,12H2,1-4H3. The van der Waals surface area contributed by atoms with Crippen molar-refractivity contribution in [3.63, 3.8) is 0 Å². The average molecular weight is 470 g/mol. The molecule has 0 N–H and O–H groups in total. The molecule has 1 aromatic carbocycles. The van der Waals surface area contributed by atoms with Gasteiger partial charge >= 0.3 is 12.1 Å². The van der Waals surface area contributed by atoms with Crippen LogP contribution in [0, 0.1) is 0 Å². The van der Waals surface area contributed by atoms with Crippen molar-refractivity contribution < 1.29 is 22.7 Å². The quantitative estimate of drug-likeness (QED) is 0.678. The fourth-order valence-corrected chi connectivity index (χ4v) is 5.00. The number of carbonyl (C=O) groups excluding carboxylic acids is 2. The molecule has 2 aromatic rings. The van der Waals surface area contributed by atoms with Gasteiger partial charge in [-0.2, -0.15) is 14.1 Å². The highest BCUT2D eigenvalue weighted by Crippen LogP contribution is 2.35. The lowest BCUT2D eigenvalue weighted by Gasteiger charge is -2.34. The molecule has 2 amide bonds. The SMILES string of the molecule is CN(C)C(=O)OCC1c2cnn(C(=O)N(C)C)c2CCN1S(=O)(=O)c1ccc(Cl)cc1. The average Bonchev–Trinajstić information content (AvgIpc) is 3.15. The summed E-state index contributed by atoms with van der Waals surface area (Å²) in [5, 5.41) is 4.58. The van der Waals surface area contributed by atoms with E-state index in [0.717, 1.165) is 0 Å². The Bertz CT molecular complexity index is 1080. The lowest BCUT2D eigenvalue weighted by Crippen LogP contribution is -2.43. The number of aromatic nitrogens is 2. The van der Waals surface area contributed by atoms with Gasteiger partial charge in [0.2, 0.25) is 10.0 Å². The molecular weight excluding hydrogens is 446 g/mol. The van der Waals surface area contributed by atoms with Crippen LogP contribution >= 0.6 is 11.6 Å². The number of sulfonamides is 1. The van der Waals surface area contributed by atoms with Crippen molar-refractivity contribution in [1.29, 1.82) is 0 Å². The van der Waals surface area contributed by atoms with E-state index in [1.165, 1.54) is 63.3 Å². The van der Waals surface area contributed by atoms with Crippen LogP contribution in [-0.4, -0.2) is 85.8 Å². The van der Waals surface area contributed by atoms with Crippen LogP contribution in [0.5, 0.6) is 0 Å². The molecule has 31 heavy (non-hydrogen) atoms. The predicted molar refractivity (Wildman–Crippen MR) is 114 cm³/mol. The van der Waals surface area contributed by atoms with E-state index < -0.39 is 22.2 Å². The molecule has 10 nitrogen and oxygen atoms in total. The molecule has 1 atom stereocenters. The molecule has 0 bridgehead atoms. The highest BCUT2D eigenvalue weighted by atomic mass is 35.5. The molecular formula is C19H24ClN5O5S. The summed E-state index contributed by atoms with van der Waals surface area (Å²) in [6.45, 7) is -0.132. The third kappa shape index (κ3) is 4.53. The fraction of sp³-hybridized carbons (Fsp3) is 0.421. The molecule has 1 aliphatic rings. The van der Waals surface area contributed by atoms with E-state index in [-0.39, 0.29) is 30.5 Å². The van der Waals surface area contributed by atoms with E-state index in [1.54, 1.807) is 14.1 Å². The maximum atomic E-state index is 13.4. The number of benzene rings is 1. The summed E-state index contributed by atoms with van der Waals surface area (Å²) >= 11 is 5.90. The first-order valence-corrected chi connectivity index (χ1v) is 11.3. The summed E-state index contributed by atoms with van der Waals surface area (Å²) in [7, 11) is 2.34. The Morgan fingerprint density at radius 2 is 1.81 bits per heavy atom. The topological polar surface area (TPSA) is 105 Å². The van der Waals surface area contributed by atoms with Gasteiger partial charge in [-0.15, -0.1) is 0 Å². The lowest BCUT2D eigenvalue weighted by atomic mass is 10.0. The second kappa shape index (κ2) is 8.85. The second-order valence-corrected chi connectivity index (χ2v) is 9.77. The van der Waals surface area contributed by atoms with Crippen LogP contribution in [0.1, 0.15) is 17.3 Å². The second-order valence-electron chi connectivity index (χ2n) is 7.44. The molecule has 12 heteroatoms. The smallest absolute Gasteiger partial charge is 0.409 e. The highest BCUT2D eigenvalue weighted by Gasteiger charge is 2.40. The zero-order valence-corrected chi connectivity index (χ0v) is 19.2. The molecule has 0 fully saturated rings. The van der Waals surface area contributed by atoms with Gasteiger partial charge in [0.25, 0.3) is 0 Å². The van der Waals surface area contributed by atoms with Gasteiger partial charge < -0.3 is 14.5 Å². The third-order valence-corrected chi connectivity index (χ3v) is 7.06. The van der Waals surface area contributed by atoms with Gasteiger partial charge in [-0.1, -0.05) is 11.6 Å². The van der Waals surface area contributed by atoms with Crippen molar-refractivity contribution in [1.82, 2.24) is 23.9 Å². The first-order valence-electron chi connectivity index (χ1n) is 9.44. The number of amides is 2. The van der Waals surface area contributed by atoms with Gasteiger partial charge in [-0.3, -0.25) is 0 Å². The Morgan fingerprint density at radius 3 is 2.39 bits per heavy atom. The van der Waals surface area contributed by atoms with Gasteiger partial charge in [0.15, 0.2) is 0 Å². The minimum Gasteiger partial charge on any atom is -0.447 e. The largest absolute Gasteiger partial charge is 0.447 e. The molecule has 168 valence electrons. The summed E-state index contributed by atoms with van der Waals surface area (Å²) in [6.07, 6.45) is 1.13. The van der Waals surface area contributed by atoms with Crippen molar-refractivity contribution in [2.75, 3.05) is 41.3 Å². The first kappa shape index (κ1) is 23.0. The number of ether oxygens (including phenoxy) is 1. The summed E-state index contributed by atoms with van der Waals surface area (Å²) in [6, 6.07) is 4.66. The minimum atomic E-state index is -3.93. The molecule has 1 aromatic heterocycles. The van der Waals surface area contributed by atoms with Crippen LogP contribution in [0.15, 0.2) is 35.4 Å². The Labute approximate surface area is 186 Å². The van der Waals surface area contributed by atoms with E-state index in [2.05, 4.69) is 5.10 Å². The molecule has 0 spiro atoms. The number of hydrogen-bond acceptors (Lipinski definition) is 6. The van der Waals surface area contributed by atoms with Crippen LogP contribution in [0.25, 0.3) is 0 Å². The molecule has 0 saturated carbocycles. The summed E-state index contributed by atoms with van der Waals surface area (Å²) in [5.41, 5.74) is 1.11. The van der Waals surface area contributed by atoms with Gasteiger partial charge in [0.1, 0.15) is 6.61 Å². The Hall–Kier alpha value is -2.63. The molecule has 1 aliphatic heterocycles. The van der Waals surface area contributed by atoms with Gasteiger partial charge in [-0.05, 0) is 24.3 Å². The van der Waals surface area contributed by atoms with Crippen LogP contribution in [0.3, 0.4) is 0 Å². The van der Waals surface area contributed by atoms with Crippen LogP contribution in [-0.2, 0) is 21.2 Å². The predicted octanol–water partition coefficient (Wildman–Crippen LogP) is 2.05. The number of rotatable bonds is 4. The monoisotopic (exact) mass is 469 g/mol. The highest BCUT2D eigenvalue weighted by molar-refractivity contribution is 7.89. The number of carbonyl (C=O) groups is 2. The Balaban J connectivity index is 2.02. The van der Waals surface area contributed by atoms with E-state index in [0.29, 0.717) is 16.3 Å². The number of nitrogens with zero attached hydrogens (tertiary/aromatic N) is 5. The van der Waals surface area contributed by atoms with Gasteiger partial charge in [0.05, 0.1) is 22.8 Å². The Kier molecular flexibility index (Phi) is 6.58. The fourth-order valence-electron chi connectivity index (χ4n) is 3.28. The summed E-state index contributed by atoms with van der Waals surface area (Å²) in [4.78, 5) is 27.2. The van der Waals surface area contributed by atoms with Crippen molar-refractivity contribution in [3.05, 3.63) is 46.7 Å². The molecule has 2 heterocycles. The summed E-state index contributed by atoms with van der Waals surface area (Å²) < 4.78 is 34.6. The summed E-state index contributed by atoms with van der Waals surface area (Å²) in [5.74, 6) is 0. The van der Waals surface area contributed by atoms with Gasteiger partial charge in [0, 0.05) is 51.7 Å². The number of hydrogen-bond donors (Lipinski definition) is 0. The third-order valence-electron chi connectivity index (χ3n) is 4.89. The van der Waals surface area contributed by atoms with Crippen molar-refractivity contribution in [2.24, 2.45) is 0 Å². The molecule has 0 saturated heterocycles. The first-order chi connectivity index (χ1) is 14.5. The zero-order valence-electron chi connectivity index (χ0n) is 17.6. The number of fused-ring (bicyclic) bond motifs is 1. The van der Waals surface area contributed by atoms with E-state index in [1.807, 2.05) is 0 Å². The van der Waals surface area contributed by atoms with E-state index >= 15 is 0 Å². The van der Waals surface area contributed by atoms with E-state index in [4.69, 9.17) is 16.3 Å². The molecule has 0 radical (unpaired) electrons. The van der Waals surface area contributed by atoms with Crippen molar-refractivity contribution in [2.45, 2.75) is 17.4 Å². The number of halogens is 1. The van der Waals surface area contributed by atoms with E-state index in [9.17, 15) is 18.0 Å². The molecule has 3 rings (SSSR count). The van der Waals surface area contributed by atoms with Crippen LogP contribution < -0.4 is 0 Å². The maximum absolute atomic E-state index is 13.4. The zero-order chi connectivity index (χ0) is 22.9. The molecule has 1 unspecified atom stereocenters. The molecule has 0 aliphatic carbocycles. The van der Waals surface area contributed by atoms with Crippen LogP contribution in [0.4, 0.5) is 9.59 Å². The van der Waals surface area contributed by atoms with Gasteiger partial charge in [-0.25, -0.2) is 18.0 Å². The van der Waals surface area contributed by atoms with Crippen LogP contribution in [0.2, 0.25) is 5.02 Å². The minimum absolute atomic E-state index is 0.0704. The lowest BCUT2D eigenvalue weighted by molar-refractivity contribution is 0.0921. The normalized spacial score (nSPS) is 16.5. The van der Waals surface area contributed by atoms with Crippen molar-refractivity contribution in [3.8, 4) is 0 Å².